The van der Waals surface area contributed by atoms with Gasteiger partial charge in [-0.3, -0.25) is 14.4 Å². The zero-order chi connectivity index (χ0) is 37.7. The second-order valence-electron chi connectivity index (χ2n) is 12.0. The predicted octanol–water partition coefficient (Wildman–Crippen LogP) is 9.41. The van der Waals surface area contributed by atoms with Gasteiger partial charge in [-0.2, -0.15) is 0 Å². The van der Waals surface area contributed by atoms with Crippen LogP contribution in [0.5, 0.6) is 0 Å². The highest BCUT2D eigenvalue weighted by Crippen LogP contribution is 2.37. The lowest BCUT2D eigenvalue weighted by atomic mass is 10.0. The first-order valence-corrected chi connectivity index (χ1v) is 18.2. The van der Waals surface area contributed by atoms with Gasteiger partial charge >= 0.3 is 5.97 Å². The van der Waals surface area contributed by atoms with Gasteiger partial charge in [0.05, 0.1) is 12.2 Å². The number of amides is 3. The third-order valence-electron chi connectivity index (χ3n) is 8.21. The van der Waals surface area contributed by atoms with Crippen LogP contribution in [0.15, 0.2) is 174 Å². The van der Waals surface area contributed by atoms with E-state index in [1.54, 1.807) is 79.7 Å². The Hall–Kier alpha value is -6.71. The lowest BCUT2D eigenvalue weighted by Gasteiger charge is -2.18. The van der Waals surface area contributed by atoms with E-state index < -0.39 is 23.0 Å². The van der Waals surface area contributed by atoms with Crippen molar-refractivity contribution in [2.45, 2.75) is 17.1 Å². The van der Waals surface area contributed by atoms with Crippen LogP contribution in [-0.4, -0.2) is 30.3 Å². The van der Waals surface area contributed by atoms with E-state index in [9.17, 15) is 19.2 Å². The molecule has 1 atom stereocenters. The second kappa shape index (κ2) is 18.2. The first kappa shape index (κ1) is 37.1. The maximum absolute atomic E-state index is 13.8. The molecular weight excluding hydrogens is 695 g/mol. The van der Waals surface area contributed by atoms with Crippen LogP contribution in [0.4, 0.5) is 11.4 Å². The summed E-state index contributed by atoms with van der Waals surface area (Å²) in [5.74, 6) is -1.64. The molecule has 1 unspecified atom stereocenters. The zero-order valence-corrected chi connectivity index (χ0v) is 30.2. The Morgan fingerprint density at radius 2 is 1.26 bits per heavy atom. The van der Waals surface area contributed by atoms with Gasteiger partial charge in [0.2, 0.25) is 5.91 Å². The Balaban J connectivity index is 1.21. The van der Waals surface area contributed by atoms with Gasteiger partial charge in [-0.15, -0.1) is 11.8 Å². The first-order chi connectivity index (χ1) is 26.4. The largest absolute Gasteiger partial charge is 0.462 e. The average Bonchev–Trinajstić information content (AvgIpc) is 3.21. The van der Waals surface area contributed by atoms with Crippen molar-refractivity contribution in [3.05, 3.63) is 192 Å². The minimum atomic E-state index is -0.652. The smallest absolute Gasteiger partial charge is 0.338 e. The van der Waals surface area contributed by atoms with E-state index in [0.717, 1.165) is 27.1 Å². The van der Waals surface area contributed by atoms with Gasteiger partial charge in [0.25, 0.3) is 11.8 Å². The predicted molar refractivity (Wildman–Crippen MR) is 215 cm³/mol. The number of carbonyl (C=O) groups is 4. The van der Waals surface area contributed by atoms with E-state index in [1.807, 2.05) is 97.1 Å². The van der Waals surface area contributed by atoms with Crippen LogP contribution in [0.1, 0.15) is 44.0 Å². The van der Waals surface area contributed by atoms with Crippen LogP contribution < -0.4 is 16.0 Å². The van der Waals surface area contributed by atoms with Crippen LogP contribution in [0.2, 0.25) is 0 Å². The standard InChI is InChI=1S/C45H37N3O5S/c1-2-53-45(52)36-25-27-37(28-26-36)46-44(51)41(34-15-8-4-9-16-34)54-39-20-12-19-38(30-39)47-43(50)40(48-42(49)35-17-10-5-11-18-35)29-31-21-23-33(24-22-31)32-13-6-3-7-14-32/h3-30,41H,2H2,1H3,(H,46,51)(H,47,50)(H,48,49)/b40-29+. The zero-order valence-electron chi connectivity index (χ0n) is 29.4. The van der Waals surface area contributed by atoms with Crippen molar-refractivity contribution in [2.75, 3.05) is 17.2 Å². The maximum atomic E-state index is 13.8. The number of benzene rings is 6. The van der Waals surface area contributed by atoms with Gasteiger partial charge in [0, 0.05) is 21.8 Å². The molecular formula is C45H37N3O5S. The highest BCUT2D eigenvalue weighted by Gasteiger charge is 2.23. The molecule has 6 aromatic rings. The van der Waals surface area contributed by atoms with Gasteiger partial charge in [-0.05, 0) is 89.9 Å². The fraction of sp³-hybridized carbons (Fsp3) is 0.0667. The van der Waals surface area contributed by atoms with E-state index in [-0.39, 0.29) is 18.2 Å². The maximum Gasteiger partial charge on any atom is 0.338 e. The summed E-state index contributed by atoms with van der Waals surface area (Å²) in [5.41, 5.74) is 5.47. The molecule has 0 heterocycles. The summed E-state index contributed by atoms with van der Waals surface area (Å²) in [7, 11) is 0. The van der Waals surface area contributed by atoms with Crippen LogP contribution in [0.3, 0.4) is 0 Å². The molecule has 3 amide bonds. The van der Waals surface area contributed by atoms with Crippen LogP contribution in [0.25, 0.3) is 17.2 Å². The van der Waals surface area contributed by atoms with Crippen molar-refractivity contribution >= 4 is 52.9 Å². The van der Waals surface area contributed by atoms with E-state index >= 15 is 0 Å². The molecule has 0 aliphatic heterocycles. The quantitative estimate of drug-likeness (QED) is 0.0620. The molecule has 0 aliphatic carbocycles. The van der Waals surface area contributed by atoms with Crippen LogP contribution in [-0.2, 0) is 14.3 Å². The summed E-state index contributed by atoms with van der Waals surface area (Å²) < 4.78 is 5.06. The minimum Gasteiger partial charge on any atom is -0.462 e. The highest BCUT2D eigenvalue weighted by molar-refractivity contribution is 8.00. The molecule has 0 aromatic heterocycles. The molecule has 54 heavy (non-hydrogen) atoms. The monoisotopic (exact) mass is 731 g/mol. The molecule has 9 heteroatoms. The van der Waals surface area contributed by atoms with E-state index in [1.165, 1.54) is 11.8 Å². The van der Waals surface area contributed by atoms with Crippen LogP contribution in [0, 0.1) is 0 Å². The number of rotatable bonds is 13. The Morgan fingerprint density at radius 3 is 1.93 bits per heavy atom. The van der Waals surface area contributed by atoms with Gasteiger partial charge in [-0.25, -0.2) is 4.79 Å². The number of esters is 1. The van der Waals surface area contributed by atoms with Crippen molar-refractivity contribution in [2.24, 2.45) is 0 Å². The Kier molecular flexibility index (Phi) is 12.5. The van der Waals surface area contributed by atoms with Gasteiger partial charge < -0.3 is 20.7 Å². The first-order valence-electron chi connectivity index (χ1n) is 17.3. The second-order valence-corrected chi connectivity index (χ2v) is 13.2. The SMILES string of the molecule is CCOC(=O)c1ccc(NC(=O)C(Sc2cccc(NC(=O)/C(=C\c3ccc(-c4ccccc4)cc3)NC(=O)c3ccccc3)c2)c2ccccc2)cc1. The van der Waals surface area contributed by atoms with Crippen molar-refractivity contribution in [3.8, 4) is 11.1 Å². The number of thioether (sulfide) groups is 1. The summed E-state index contributed by atoms with van der Waals surface area (Å²) in [4.78, 5) is 53.6. The molecule has 0 spiro atoms. The molecule has 6 rings (SSSR count). The minimum absolute atomic E-state index is 0.0601. The number of carbonyl (C=O) groups excluding carboxylic acids is 4. The van der Waals surface area contributed by atoms with E-state index in [2.05, 4.69) is 16.0 Å². The molecule has 6 aromatic carbocycles. The molecule has 0 bridgehead atoms. The van der Waals surface area contributed by atoms with E-state index in [4.69, 9.17) is 4.74 Å². The molecule has 0 aliphatic rings. The molecule has 268 valence electrons. The summed E-state index contributed by atoms with van der Waals surface area (Å²) in [6, 6.07) is 49.5. The molecule has 3 N–H and O–H groups in total. The normalized spacial score (nSPS) is 11.5. The number of hydrogen-bond donors (Lipinski definition) is 3. The fourth-order valence-corrected chi connectivity index (χ4v) is 6.59. The molecule has 0 radical (unpaired) electrons. The molecule has 0 saturated heterocycles. The summed E-state index contributed by atoms with van der Waals surface area (Å²) in [6.45, 7) is 2.01. The van der Waals surface area contributed by atoms with Gasteiger partial charge in [-0.1, -0.05) is 109 Å². The average molecular weight is 732 g/mol. The number of nitrogens with one attached hydrogen (secondary N) is 3. The van der Waals surface area contributed by atoms with Gasteiger partial charge in [0.15, 0.2) is 0 Å². The van der Waals surface area contributed by atoms with Crippen molar-refractivity contribution in [1.82, 2.24) is 5.32 Å². The van der Waals surface area contributed by atoms with Crippen molar-refractivity contribution in [1.29, 1.82) is 0 Å². The van der Waals surface area contributed by atoms with Crippen molar-refractivity contribution < 1.29 is 23.9 Å². The Labute approximate surface area is 318 Å². The van der Waals surface area contributed by atoms with Gasteiger partial charge in [0.1, 0.15) is 10.9 Å². The molecule has 0 saturated carbocycles. The molecule has 0 fully saturated rings. The number of hydrogen-bond acceptors (Lipinski definition) is 6. The van der Waals surface area contributed by atoms with E-state index in [0.29, 0.717) is 22.5 Å². The lowest BCUT2D eigenvalue weighted by Crippen LogP contribution is -2.30. The lowest BCUT2D eigenvalue weighted by molar-refractivity contribution is -0.116. The summed E-state index contributed by atoms with van der Waals surface area (Å²) >= 11 is 1.32. The number of anilines is 2. The Bertz CT molecular complexity index is 2240. The number of ether oxygens (including phenoxy) is 1. The van der Waals surface area contributed by atoms with Crippen molar-refractivity contribution in [3.63, 3.8) is 0 Å². The molecule has 8 nitrogen and oxygen atoms in total. The third kappa shape index (κ3) is 9.99. The summed E-state index contributed by atoms with van der Waals surface area (Å²) in [6.07, 6.45) is 1.64. The topological polar surface area (TPSA) is 114 Å². The summed E-state index contributed by atoms with van der Waals surface area (Å²) in [5, 5.41) is 8.03. The third-order valence-corrected chi connectivity index (χ3v) is 9.46. The fourth-order valence-electron chi connectivity index (χ4n) is 5.51. The Morgan fingerprint density at radius 1 is 0.630 bits per heavy atom. The highest BCUT2D eigenvalue weighted by atomic mass is 32.2. The van der Waals surface area contributed by atoms with Crippen LogP contribution >= 0.6 is 11.8 Å².